The Hall–Kier alpha value is -5.08. The molecule has 0 spiro atoms. The standard InChI is InChI=1S/C31H38N6O13/c38-27-7-6-25(29(39)34-27)35-30(40)22-2-1-3-24(28(22)31(35)41)33-9-11-47-13-15-49-17-19-50-18-16-48-14-12-46-10-8-32-23-5-4-21(36(42)43)20-26(23)37(44)45/h1-5,20,25,32-33H,6-19H2,(H,34,38,39). The van der Waals surface area contributed by atoms with Crippen LogP contribution in [0.2, 0.25) is 0 Å². The number of anilines is 2. The lowest BCUT2D eigenvalue weighted by molar-refractivity contribution is -0.393. The molecule has 270 valence electrons. The van der Waals surface area contributed by atoms with Crippen LogP contribution in [0.15, 0.2) is 36.4 Å². The van der Waals surface area contributed by atoms with Gasteiger partial charge in [-0.15, -0.1) is 0 Å². The summed E-state index contributed by atoms with van der Waals surface area (Å²) in [6.45, 7) is 3.92. The fourth-order valence-corrected chi connectivity index (χ4v) is 5.09. The molecule has 2 heterocycles. The highest BCUT2D eigenvalue weighted by Crippen LogP contribution is 2.32. The lowest BCUT2D eigenvalue weighted by Gasteiger charge is -2.27. The number of nitrogens with zero attached hydrogens (tertiary/aromatic N) is 3. The number of ether oxygens (including phenoxy) is 5. The minimum Gasteiger partial charge on any atom is -0.382 e. The van der Waals surface area contributed by atoms with Crippen molar-refractivity contribution in [3.05, 3.63) is 67.8 Å². The first-order valence-electron chi connectivity index (χ1n) is 15.8. The summed E-state index contributed by atoms with van der Waals surface area (Å²) in [6.07, 6.45) is 0.136. The Bertz CT molecular complexity index is 1550. The summed E-state index contributed by atoms with van der Waals surface area (Å²) < 4.78 is 27.3. The van der Waals surface area contributed by atoms with Crippen molar-refractivity contribution in [3.63, 3.8) is 0 Å². The molecule has 19 heteroatoms. The summed E-state index contributed by atoms with van der Waals surface area (Å²) >= 11 is 0. The number of carbonyl (C=O) groups is 4. The van der Waals surface area contributed by atoms with Crippen LogP contribution in [0.5, 0.6) is 0 Å². The molecule has 0 bridgehead atoms. The van der Waals surface area contributed by atoms with Gasteiger partial charge in [-0.1, -0.05) is 6.07 Å². The zero-order chi connectivity index (χ0) is 35.9. The zero-order valence-corrected chi connectivity index (χ0v) is 27.1. The number of amides is 4. The van der Waals surface area contributed by atoms with E-state index >= 15 is 0 Å². The van der Waals surface area contributed by atoms with Crippen LogP contribution in [-0.4, -0.2) is 124 Å². The number of benzene rings is 2. The molecule has 2 aromatic carbocycles. The van der Waals surface area contributed by atoms with Crippen LogP contribution in [0.1, 0.15) is 33.6 Å². The van der Waals surface area contributed by atoms with Gasteiger partial charge in [0.25, 0.3) is 23.2 Å². The lowest BCUT2D eigenvalue weighted by Crippen LogP contribution is -2.54. The number of nitro groups is 2. The monoisotopic (exact) mass is 702 g/mol. The van der Waals surface area contributed by atoms with Crippen molar-refractivity contribution in [2.75, 3.05) is 89.8 Å². The molecule has 4 rings (SSSR count). The molecule has 1 unspecified atom stereocenters. The van der Waals surface area contributed by atoms with Crippen LogP contribution in [0.4, 0.5) is 22.7 Å². The molecule has 2 aliphatic heterocycles. The van der Waals surface area contributed by atoms with E-state index in [1.165, 1.54) is 18.2 Å². The molecule has 1 atom stereocenters. The fourth-order valence-electron chi connectivity index (χ4n) is 5.09. The van der Waals surface area contributed by atoms with Crippen molar-refractivity contribution in [3.8, 4) is 0 Å². The van der Waals surface area contributed by atoms with Crippen molar-refractivity contribution in [2.45, 2.75) is 18.9 Å². The van der Waals surface area contributed by atoms with Gasteiger partial charge in [0.1, 0.15) is 11.7 Å². The molecular weight excluding hydrogens is 664 g/mol. The fraction of sp³-hybridized carbons (Fsp3) is 0.484. The van der Waals surface area contributed by atoms with Crippen LogP contribution in [0, 0.1) is 20.2 Å². The molecule has 4 amide bonds. The zero-order valence-electron chi connectivity index (χ0n) is 27.1. The van der Waals surface area contributed by atoms with E-state index in [2.05, 4.69) is 16.0 Å². The van der Waals surface area contributed by atoms with Gasteiger partial charge in [-0.3, -0.25) is 49.6 Å². The Morgan fingerprint density at radius 1 is 0.720 bits per heavy atom. The van der Waals surface area contributed by atoms with Gasteiger partial charge in [-0.2, -0.15) is 0 Å². The Morgan fingerprint density at radius 2 is 1.28 bits per heavy atom. The Labute approximate surface area is 285 Å². The maximum absolute atomic E-state index is 13.1. The van der Waals surface area contributed by atoms with Gasteiger partial charge in [0.05, 0.1) is 93.1 Å². The molecule has 0 radical (unpaired) electrons. The molecule has 50 heavy (non-hydrogen) atoms. The van der Waals surface area contributed by atoms with E-state index in [1.807, 2.05) is 0 Å². The molecular formula is C31H38N6O13. The summed E-state index contributed by atoms with van der Waals surface area (Å²) in [5.74, 6) is -2.24. The number of hydrogen-bond donors (Lipinski definition) is 3. The first-order valence-corrected chi connectivity index (χ1v) is 15.8. The molecule has 2 aromatic rings. The highest BCUT2D eigenvalue weighted by molar-refractivity contribution is 6.25. The average Bonchev–Trinajstić information content (AvgIpc) is 3.35. The number of fused-ring (bicyclic) bond motifs is 1. The maximum atomic E-state index is 13.1. The Balaban J connectivity index is 0.962. The van der Waals surface area contributed by atoms with E-state index in [0.29, 0.717) is 71.7 Å². The lowest BCUT2D eigenvalue weighted by atomic mass is 10.0. The second kappa shape index (κ2) is 19.2. The van der Waals surface area contributed by atoms with Crippen molar-refractivity contribution in [1.82, 2.24) is 10.2 Å². The van der Waals surface area contributed by atoms with E-state index < -0.39 is 39.5 Å². The summed E-state index contributed by atoms with van der Waals surface area (Å²) in [5, 5.41) is 30.1. The Kier molecular flexibility index (Phi) is 14.5. The normalized spacial score (nSPS) is 15.6. The third-order valence-electron chi connectivity index (χ3n) is 7.47. The van der Waals surface area contributed by atoms with Crippen LogP contribution >= 0.6 is 0 Å². The van der Waals surface area contributed by atoms with E-state index in [1.54, 1.807) is 12.1 Å². The predicted molar refractivity (Wildman–Crippen MR) is 174 cm³/mol. The van der Waals surface area contributed by atoms with Crippen LogP contribution in [0.3, 0.4) is 0 Å². The first-order chi connectivity index (χ1) is 24.2. The molecule has 1 saturated heterocycles. The van der Waals surface area contributed by atoms with Gasteiger partial charge in [0.2, 0.25) is 11.8 Å². The number of nitrogens with one attached hydrogen (secondary N) is 3. The third-order valence-corrected chi connectivity index (χ3v) is 7.47. The number of nitro benzene ring substituents is 2. The highest BCUT2D eigenvalue weighted by Gasteiger charge is 2.45. The summed E-state index contributed by atoms with van der Waals surface area (Å²) in [4.78, 5) is 71.3. The molecule has 0 aromatic heterocycles. The van der Waals surface area contributed by atoms with Gasteiger partial charge in [0, 0.05) is 31.3 Å². The third kappa shape index (κ3) is 10.5. The van der Waals surface area contributed by atoms with Gasteiger partial charge in [-0.05, 0) is 24.6 Å². The number of rotatable bonds is 23. The maximum Gasteiger partial charge on any atom is 0.299 e. The largest absolute Gasteiger partial charge is 0.382 e. The molecule has 0 aliphatic carbocycles. The van der Waals surface area contributed by atoms with Crippen LogP contribution in [-0.2, 0) is 33.3 Å². The minimum absolute atomic E-state index is 0.0495. The topological polar surface area (TPSA) is 240 Å². The molecule has 2 aliphatic rings. The first kappa shape index (κ1) is 37.7. The quantitative estimate of drug-likeness (QED) is 0.0644. The van der Waals surface area contributed by atoms with E-state index in [-0.39, 0.29) is 54.2 Å². The van der Waals surface area contributed by atoms with Gasteiger partial charge >= 0.3 is 0 Å². The van der Waals surface area contributed by atoms with Gasteiger partial charge < -0.3 is 34.3 Å². The smallest absolute Gasteiger partial charge is 0.299 e. The SMILES string of the molecule is O=C1CCC(N2C(=O)c3cccc(NCCOCCOCCOCCOCCOCCNc4ccc([N+](=O)[O-])cc4[N+](=O)[O-])c3C2=O)C(=O)N1. The number of piperidine rings is 1. The van der Waals surface area contributed by atoms with Crippen LogP contribution in [0.25, 0.3) is 0 Å². The summed E-state index contributed by atoms with van der Waals surface area (Å²) in [6, 6.07) is 7.20. The summed E-state index contributed by atoms with van der Waals surface area (Å²) in [5.41, 5.74) is 0.252. The number of imide groups is 2. The van der Waals surface area contributed by atoms with E-state index in [0.717, 1.165) is 11.0 Å². The van der Waals surface area contributed by atoms with Gasteiger partial charge in [0.15, 0.2) is 0 Å². The Morgan fingerprint density at radius 3 is 1.82 bits per heavy atom. The van der Waals surface area contributed by atoms with Crippen molar-refractivity contribution >= 4 is 46.4 Å². The molecule has 1 fully saturated rings. The number of carbonyl (C=O) groups excluding carboxylic acids is 4. The van der Waals surface area contributed by atoms with Crippen molar-refractivity contribution in [2.24, 2.45) is 0 Å². The number of non-ortho nitro benzene ring substituents is 1. The number of hydrogen-bond acceptors (Lipinski definition) is 15. The second-order valence-corrected chi connectivity index (χ2v) is 10.8. The molecule has 3 N–H and O–H groups in total. The summed E-state index contributed by atoms with van der Waals surface area (Å²) in [7, 11) is 0. The van der Waals surface area contributed by atoms with Crippen molar-refractivity contribution < 1.29 is 52.7 Å². The molecule has 19 nitrogen and oxygen atoms in total. The van der Waals surface area contributed by atoms with E-state index in [4.69, 9.17) is 23.7 Å². The molecule has 0 saturated carbocycles. The highest BCUT2D eigenvalue weighted by atomic mass is 16.6. The average molecular weight is 703 g/mol. The minimum atomic E-state index is -1.03. The van der Waals surface area contributed by atoms with Crippen molar-refractivity contribution in [1.29, 1.82) is 0 Å². The van der Waals surface area contributed by atoms with E-state index in [9.17, 15) is 39.4 Å². The second-order valence-electron chi connectivity index (χ2n) is 10.8. The van der Waals surface area contributed by atoms with Gasteiger partial charge in [-0.25, -0.2) is 0 Å². The van der Waals surface area contributed by atoms with Crippen LogP contribution < -0.4 is 16.0 Å². The predicted octanol–water partition coefficient (Wildman–Crippen LogP) is 1.51.